The van der Waals surface area contributed by atoms with E-state index in [0.29, 0.717) is 11.6 Å². The summed E-state index contributed by atoms with van der Waals surface area (Å²) >= 11 is 5.96. The normalized spacial score (nSPS) is 14.5. The molecule has 0 spiro atoms. The van der Waals surface area contributed by atoms with E-state index < -0.39 is 0 Å². The van der Waals surface area contributed by atoms with E-state index in [1.54, 1.807) is 0 Å². The van der Waals surface area contributed by atoms with Crippen molar-refractivity contribution in [1.29, 1.82) is 0 Å². The Labute approximate surface area is 145 Å². The second kappa shape index (κ2) is 6.30. The third kappa shape index (κ3) is 2.90. The summed E-state index contributed by atoms with van der Waals surface area (Å²) in [5.41, 5.74) is 4.15. The van der Waals surface area contributed by atoms with E-state index in [9.17, 15) is 4.79 Å². The summed E-state index contributed by atoms with van der Waals surface area (Å²) in [7, 11) is 0. The topological polar surface area (TPSA) is 41.0 Å². The van der Waals surface area contributed by atoms with Crippen LogP contribution in [0.2, 0.25) is 5.02 Å². The van der Waals surface area contributed by atoms with Gasteiger partial charge in [0.1, 0.15) is 0 Å². The first kappa shape index (κ1) is 15.2. The first-order valence-electron chi connectivity index (χ1n) is 8.06. The SMILES string of the molecule is O=c1[nH]n(-c2ccc(Cl)cc2)c2c1CN(Cc1ccccc1)CC2. The van der Waals surface area contributed by atoms with Crippen LogP contribution in [-0.4, -0.2) is 21.2 Å². The lowest BCUT2D eigenvalue weighted by molar-refractivity contribution is 0.243. The van der Waals surface area contributed by atoms with E-state index in [2.05, 4.69) is 34.3 Å². The van der Waals surface area contributed by atoms with Crippen molar-refractivity contribution < 1.29 is 0 Å². The minimum absolute atomic E-state index is 0.00212. The summed E-state index contributed by atoms with van der Waals surface area (Å²) in [5.74, 6) is 0. The number of rotatable bonds is 3. The van der Waals surface area contributed by atoms with Gasteiger partial charge >= 0.3 is 0 Å². The van der Waals surface area contributed by atoms with Crippen molar-refractivity contribution in [2.75, 3.05) is 6.54 Å². The molecule has 24 heavy (non-hydrogen) atoms. The molecule has 0 saturated heterocycles. The van der Waals surface area contributed by atoms with E-state index in [1.807, 2.05) is 35.0 Å². The van der Waals surface area contributed by atoms with Crippen molar-refractivity contribution in [2.45, 2.75) is 19.5 Å². The monoisotopic (exact) mass is 339 g/mol. The predicted octanol–water partition coefficient (Wildman–Crippen LogP) is 3.38. The zero-order valence-electron chi connectivity index (χ0n) is 13.2. The molecule has 0 fully saturated rings. The number of H-pyrrole nitrogens is 1. The Morgan fingerprint density at radius 3 is 2.54 bits per heavy atom. The number of hydrogen-bond donors (Lipinski definition) is 1. The van der Waals surface area contributed by atoms with Crippen LogP contribution in [0.3, 0.4) is 0 Å². The zero-order chi connectivity index (χ0) is 16.5. The maximum absolute atomic E-state index is 12.4. The van der Waals surface area contributed by atoms with Crippen molar-refractivity contribution in [3.63, 3.8) is 0 Å². The maximum atomic E-state index is 12.4. The minimum atomic E-state index is -0.00212. The molecule has 0 bridgehead atoms. The van der Waals surface area contributed by atoms with Crippen LogP contribution >= 0.6 is 11.6 Å². The zero-order valence-corrected chi connectivity index (χ0v) is 14.0. The fourth-order valence-electron chi connectivity index (χ4n) is 3.28. The first-order valence-corrected chi connectivity index (χ1v) is 8.43. The number of nitrogens with zero attached hydrogens (tertiary/aromatic N) is 2. The molecule has 0 aliphatic carbocycles. The molecular weight excluding hydrogens is 322 g/mol. The molecule has 5 heteroatoms. The van der Waals surface area contributed by atoms with Gasteiger partial charge in [0, 0.05) is 31.1 Å². The molecule has 122 valence electrons. The van der Waals surface area contributed by atoms with Gasteiger partial charge in [-0.3, -0.25) is 19.5 Å². The Kier molecular flexibility index (Phi) is 4.00. The van der Waals surface area contributed by atoms with Gasteiger partial charge in [0.15, 0.2) is 0 Å². The van der Waals surface area contributed by atoms with Crippen LogP contribution in [0.4, 0.5) is 0 Å². The van der Waals surface area contributed by atoms with Crippen molar-refractivity contribution in [1.82, 2.24) is 14.7 Å². The molecule has 0 unspecified atom stereocenters. The molecule has 1 aliphatic heterocycles. The second-order valence-electron chi connectivity index (χ2n) is 6.12. The molecule has 4 nitrogen and oxygen atoms in total. The van der Waals surface area contributed by atoms with E-state index in [0.717, 1.165) is 36.5 Å². The minimum Gasteiger partial charge on any atom is -0.294 e. The number of benzene rings is 2. The van der Waals surface area contributed by atoms with Gasteiger partial charge in [-0.05, 0) is 29.8 Å². The Morgan fingerprint density at radius 1 is 1.04 bits per heavy atom. The van der Waals surface area contributed by atoms with Gasteiger partial charge in [-0.25, -0.2) is 0 Å². The second-order valence-corrected chi connectivity index (χ2v) is 6.56. The van der Waals surface area contributed by atoms with E-state index in [-0.39, 0.29) is 5.56 Å². The van der Waals surface area contributed by atoms with E-state index >= 15 is 0 Å². The Hall–Kier alpha value is -2.30. The molecule has 1 N–H and O–H groups in total. The third-order valence-electron chi connectivity index (χ3n) is 4.49. The molecule has 1 aromatic heterocycles. The van der Waals surface area contributed by atoms with Crippen LogP contribution in [0.5, 0.6) is 0 Å². The van der Waals surface area contributed by atoms with E-state index in [1.165, 1.54) is 5.56 Å². The molecule has 3 aromatic rings. The van der Waals surface area contributed by atoms with Crippen molar-refractivity contribution >= 4 is 11.6 Å². The summed E-state index contributed by atoms with van der Waals surface area (Å²) in [6.45, 7) is 2.48. The van der Waals surface area contributed by atoms with Gasteiger partial charge in [0.2, 0.25) is 0 Å². The number of fused-ring (bicyclic) bond motifs is 1. The summed E-state index contributed by atoms with van der Waals surface area (Å²) in [5, 5.41) is 3.66. The van der Waals surface area contributed by atoms with Gasteiger partial charge in [0.25, 0.3) is 5.56 Å². The standard InChI is InChI=1S/C19H18ClN3O/c20-15-6-8-16(9-7-15)23-18-10-11-22(13-17(18)19(24)21-23)12-14-4-2-1-3-5-14/h1-9H,10-13H2,(H,21,24). The van der Waals surface area contributed by atoms with Crippen LogP contribution in [0.15, 0.2) is 59.4 Å². The van der Waals surface area contributed by atoms with Gasteiger partial charge in [0.05, 0.1) is 16.9 Å². The summed E-state index contributed by atoms with van der Waals surface area (Å²) < 4.78 is 1.90. The van der Waals surface area contributed by atoms with Crippen LogP contribution in [0.25, 0.3) is 5.69 Å². The average molecular weight is 340 g/mol. The summed E-state index contributed by atoms with van der Waals surface area (Å²) in [6, 6.07) is 17.9. The predicted molar refractivity (Wildman–Crippen MR) is 95.7 cm³/mol. The number of halogens is 1. The van der Waals surface area contributed by atoms with Crippen molar-refractivity contribution in [2.24, 2.45) is 0 Å². The van der Waals surface area contributed by atoms with Gasteiger partial charge < -0.3 is 0 Å². The molecule has 0 atom stereocenters. The van der Waals surface area contributed by atoms with Crippen LogP contribution in [0.1, 0.15) is 16.8 Å². The van der Waals surface area contributed by atoms with Crippen LogP contribution < -0.4 is 5.56 Å². The van der Waals surface area contributed by atoms with Gasteiger partial charge in [-0.1, -0.05) is 41.9 Å². The average Bonchev–Trinajstić information content (AvgIpc) is 2.93. The summed E-state index contributed by atoms with van der Waals surface area (Å²) in [4.78, 5) is 14.7. The Balaban J connectivity index is 1.61. The number of aromatic nitrogens is 2. The van der Waals surface area contributed by atoms with Crippen LogP contribution in [0, 0.1) is 0 Å². The first-order chi connectivity index (χ1) is 11.7. The fourth-order valence-corrected chi connectivity index (χ4v) is 3.41. The highest BCUT2D eigenvalue weighted by Gasteiger charge is 2.23. The van der Waals surface area contributed by atoms with Gasteiger partial charge in [-0.15, -0.1) is 0 Å². The highest BCUT2D eigenvalue weighted by molar-refractivity contribution is 6.30. The molecule has 4 rings (SSSR count). The van der Waals surface area contributed by atoms with Crippen molar-refractivity contribution in [3.8, 4) is 5.69 Å². The lowest BCUT2D eigenvalue weighted by Crippen LogP contribution is -2.32. The summed E-state index contributed by atoms with van der Waals surface area (Å²) in [6.07, 6.45) is 0.851. The Morgan fingerprint density at radius 2 is 1.79 bits per heavy atom. The molecule has 0 radical (unpaired) electrons. The van der Waals surface area contributed by atoms with Gasteiger partial charge in [-0.2, -0.15) is 0 Å². The fraction of sp³-hybridized carbons (Fsp3) is 0.211. The molecule has 0 amide bonds. The largest absolute Gasteiger partial charge is 0.294 e. The number of hydrogen-bond acceptors (Lipinski definition) is 2. The molecule has 2 aromatic carbocycles. The smallest absolute Gasteiger partial charge is 0.269 e. The lowest BCUT2D eigenvalue weighted by atomic mass is 10.1. The third-order valence-corrected chi connectivity index (χ3v) is 4.74. The number of nitrogens with one attached hydrogen (secondary N) is 1. The lowest BCUT2D eigenvalue weighted by Gasteiger charge is -2.27. The highest BCUT2D eigenvalue weighted by atomic mass is 35.5. The van der Waals surface area contributed by atoms with Crippen molar-refractivity contribution in [3.05, 3.63) is 86.8 Å². The quantitative estimate of drug-likeness (QED) is 0.794. The maximum Gasteiger partial charge on any atom is 0.269 e. The molecule has 0 saturated carbocycles. The highest BCUT2D eigenvalue weighted by Crippen LogP contribution is 2.21. The molecular formula is C19H18ClN3O. The van der Waals surface area contributed by atoms with E-state index in [4.69, 9.17) is 11.6 Å². The molecule has 2 heterocycles. The Bertz CT molecular complexity index is 897. The van der Waals surface area contributed by atoms with Crippen LogP contribution in [-0.2, 0) is 19.5 Å². The molecule has 1 aliphatic rings. The number of aromatic amines is 1.